The number of hydrogen-bond donors (Lipinski definition) is 1. The molecule has 0 radical (unpaired) electrons. The van der Waals surface area contributed by atoms with Gasteiger partial charge >= 0.3 is 0 Å². The predicted octanol–water partition coefficient (Wildman–Crippen LogP) is 2.64. The van der Waals surface area contributed by atoms with E-state index in [1.54, 1.807) is 0 Å². The van der Waals surface area contributed by atoms with Gasteiger partial charge in [0.2, 0.25) is 0 Å². The molecule has 2 fully saturated rings. The molecule has 1 aliphatic heterocycles. The molecule has 0 amide bonds. The van der Waals surface area contributed by atoms with Gasteiger partial charge in [-0.2, -0.15) is 0 Å². The van der Waals surface area contributed by atoms with Crippen LogP contribution in [0.25, 0.3) is 0 Å². The molecule has 0 spiro atoms. The third-order valence-corrected chi connectivity index (χ3v) is 4.65. The number of rotatable bonds is 2. The van der Waals surface area contributed by atoms with Crippen molar-refractivity contribution in [1.29, 1.82) is 0 Å². The van der Waals surface area contributed by atoms with E-state index in [0.717, 1.165) is 18.0 Å². The lowest BCUT2D eigenvalue weighted by Crippen LogP contribution is -2.50. The van der Waals surface area contributed by atoms with Gasteiger partial charge in [0.1, 0.15) is 0 Å². The number of hydrogen-bond acceptors (Lipinski definition) is 2. The fourth-order valence-corrected chi connectivity index (χ4v) is 3.56. The largest absolute Gasteiger partial charge is 0.317 e. The SMILES string of the molecule is CNC1CCN(C2CCCCCC2)CC1C. The third-order valence-electron chi connectivity index (χ3n) is 4.65. The molecule has 2 rings (SSSR count). The molecule has 2 heteroatoms. The number of nitrogens with zero attached hydrogens (tertiary/aromatic N) is 1. The van der Waals surface area contributed by atoms with Gasteiger partial charge in [-0.25, -0.2) is 0 Å². The summed E-state index contributed by atoms with van der Waals surface area (Å²) in [6.07, 6.45) is 10.1. The zero-order valence-electron chi connectivity index (χ0n) is 11.0. The molecule has 1 aliphatic carbocycles. The molecule has 2 aliphatic rings. The first kappa shape index (κ1) is 12.4. The summed E-state index contributed by atoms with van der Waals surface area (Å²) in [5, 5.41) is 3.46. The summed E-state index contributed by atoms with van der Waals surface area (Å²) in [4.78, 5) is 2.78. The Bertz CT molecular complexity index is 197. The van der Waals surface area contributed by atoms with Gasteiger partial charge in [-0.05, 0) is 38.8 Å². The van der Waals surface area contributed by atoms with E-state index in [0.29, 0.717) is 0 Å². The zero-order chi connectivity index (χ0) is 11.4. The molecule has 2 atom stereocenters. The van der Waals surface area contributed by atoms with Crippen LogP contribution in [0.5, 0.6) is 0 Å². The van der Waals surface area contributed by atoms with Crippen molar-refractivity contribution in [1.82, 2.24) is 10.2 Å². The Morgan fingerprint density at radius 2 is 1.69 bits per heavy atom. The van der Waals surface area contributed by atoms with Crippen LogP contribution in [-0.2, 0) is 0 Å². The molecule has 16 heavy (non-hydrogen) atoms. The maximum absolute atomic E-state index is 3.46. The van der Waals surface area contributed by atoms with E-state index in [-0.39, 0.29) is 0 Å². The van der Waals surface area contributed by atoms with Crippen molar-refractivity contribution in [3.63, 3.8) is 0 Å². The van der Waals surface area contributed by atoms with E-state index >= 15 is 0 Å². The van der Waals surface area contributed by atoms with Gasteiger partial charge in [0.15, 0.2) is 0 Å². The Hall–Kier alpha value is -0.0800. The van der Waals surface area contributed by atoms with Crippen LogP contribution in [-0.4, -0.2) is 37.1 Å². The number of nitrogens with one attached hydrogen (secondary N) is 1. The summed E-state index contributed by atoms with van der Waals surface area (Å²) >= 11 is 0. The van der Waals surface area contributed by atoms with Crippen molar-refractivity contribution in [2.45, 2.75) is 64.0 Å². The van der Waals surface area contributed by atoms with Gasteiger partial charge in [0, 0.05) is 18.6 Å². The molecule has 1 saturated carbocycles. The molecule has 0 aromatic heterocycles. The first-order valence-electron chi connectivity index (χ1n) is 7.22. The Morgan fingerprint density at radius 1 is 1.00 bits per heavy atom. The Balaban J connectivity index is 1.85. The minimum Gasteiger partial charge on any atom is -0.317 e. The molecule has 1 saturated heterocycles. The summed E-state index contributed by atoms with van der Waals surface area (Å²) in [6.45, 7) is 5.04. The standard InChI is InChI=1S/C14H28N2/c1-12-11-16(10-9-14(12)15-2)13-7-5-3-4-6-8-13/h12-15H,3-11H2,1-2H3. The molecule has 94 valence electrons. The monoisotopic (exact) mass is 224 g/mol. The first-order chi connectivity index (χ1) is 7.81. The van der Waals surface area contributed by atoms with Crippen molar-refractivity contribution in [2.24, 2.45) is 5.92 Å². The maximum Gasteiger partial charge on any atom is 0.0114 e. The Kier molecular flexibility index (Phi) is 4.66. The lowest BCUT2D eigenvalue weighted by atomic mass is 9.92. The first-order valence-corrected chi connectivity index (χ1v) is 7.22. The molecule has 2 nitrogen and oxygen atoms in total. The highest BCUT2D eigenvalue weighted by Gasteiger charge is 2.29. The van der Waals surface area contributed by atoms with Gasteiger partial charge in [0.05, 0.1) is 0 Å². The summed E-state index contributed by atoms with van der Waals surface area (Å²) in [5.74, 6) is 0.821. The summed E-state index contributed by atoms with van der Waals surface area (Å²) in [5.41, 5.74) is 0. The van der Waals surface area contributed by atoms with Gasteiger partial charge in [-0.3, -0.25) is 0 Å². The fourth-order valence-electron chi connectivity index (χ4n) is 3.56. The lowest BCUT2D eigenvalue weighted by Gasteiger charge is -2.41. The molecular formula is C14H28N2. The number of likely N-dealkylation sites (tertiary alicyclic amines) is 1. The third kappa shape index (κ3) is 2.98. The summed E-state index contributed by atoms with van der Waals surface area (Å²) < 4.78 is 0. The Labute approximate surface area is 101 Å². The predicted molar refractivity (Wildman–Crippen MR) is 69.7 cm³/mol. The average molecular weight is 224 g/mol. The van der Waals surface area contributed by atoms with Gasteiger partial charge in [-0.15, -0.1) is 0 Å². The second kappa shape index (κ2) is 6.02. The van der Waals surface area contributed by atoms with Crippen molar-refractivity contribution < 1.29 is 0 Å². The molecule has 0 bridgehead atoms. The minimum atomic E-state index is 0.752. The molecular weight excluding hydrogens is 196 g/mol. The molecule has 1 heterocycles. The van der Waals surface area contributed by atoms with E-state index in [1.165, 1.54) is 58.0 Å². The van der Waals surface area contributed by atoms with E-state index in [9.17, 15) is 0 Å². The molecule has 1 N–H and O–H groups in total. The Morgan fingerprint density at radius 3 is 2.25 bits per heavy atom. The smallest absolute Gasteiger partial charge is 0.0114 e. The lowest BCUT2D eigenvalue weighted by molar-refractivity contribution is 0.0977. The average Bonchev–Trinajstić information content (AvgIpc) is 2.57. The van der Waals surface area contributed by atoms with Crippen LogP contribution >= 0.6 is 0 Å². The van der Waals surface area contributed by atoms with E-state index in [1.807, 2.05) is 0 Å². The van der Waals surface area contributed by atoms with Crippen molar-refractivity contribution in [3.05, 3.63) is 0 Å². The van der Waals surface area contributed by atoms with E-state index in [2.05, 4.69) is 24.2 Å². The van der Waals surface area contributed by atoms with Crippen molar-refractivity contribution >= 4 is 0 Å². The van der Waals surface area contributed by atoms with E-state index < -0.39 is 0 Å². The van der Waals surface area contributed by atoms with Crippen LogP contribution < -0.4 is 5.32 Å². The van der Waals surface area contributed by atoms with Gasteiger partial charge in [-0.1, -0.05) is 32.6 Å². The van der Waals surface area contributed by atoms with Gasteiger partial charge < -0.3 is 10.2 Å². The van der Waals surface area contributed by atoms with Gasteiger partial charge in [0.25, 0.3) is 0 Å². The topological polar surface area (TPSA) is 15.3 Å². The summed E-state index contributed by atoms with van der Waals surface area (Å²) in [6, 6.07) is 1.66. The van der Waals surface area contributed by atoms with Crippen LogP contribution in [0.15, 0.2) is 0 Å². The quantitative estimate of drug-likeness (QED) is 0.725. The fraction of sp³-hybridized carbons (Fsp3) is 1.00. The summed E-state index contributed by atoms with van der Waals surface area (Å²) in [7, 11) is 2.11. The van der Waals surface area contributed by atoms with Crippen LogP contribution in [0, 0.1) is 5.92 Å². The molecule has 0 aromatic carbocycles. The van der Waals surface area contributed by atoms with Crippen LogP contribution in [0.1, 0.15) is 51.9 Å². The highest BCUT2D eigenvalue weighted by Crippen LogP contribution is 2.26. The van der Waals surface area contributed by atoms with Crippen LogP contribution in [0.4, 0.5) is 0 Å². The zero-order valence-corrected chi connectivity index (χ0v) is 11.0. The second-order valence-electron chi connectivity index (χ2n) is 5.80. The normalized spacial score (nSPS) is 34.9. The van der Waals surface area contributed by atoms with Crippen molar-refractivity contribution in [2.75, 3.05) is 20.1 Å². The van der Waals surface area contributed by atoms with Crippen molar-refractivity contribution in [3.8, 4) is 0 Å². The van der Waals surface area contributed by atoms with Crippen LogP contribution in [0.3, 0.4) is 0 Å². The molecule has 0 aromatic rings. The number of piperidine rings is 1. The van der Waals surface area contributed by atoms with Crippen LogP contribution in [0.2, 0.25) is 0 Å². The molecule has 2 unspecified atom stereocenters. The second-order valence-corrected chi connectivity index (χ2v) is 5.80. The highest BCUT2D eigenvalue weighted by atomic mass is 15.2. The van der Waals surface area contributed by atoms with E-state index in [4.69, 9.17) is 0 Å². The maximum atomic E-state index is 3.46. The minimum absolute atomic E-state index is 0.752. The highest BCUT2D eigenvalue weighted by molar-refractivity contribution is 4.85.